The third-order valence-electron chi connectivity index (χ3n) is 3.55. The highest BCUT2D eigenvalue weighted by Crippen LogP contribution is 2.08. The standard InChI is InChI=1S/C25H35/c1-3-5-7-9-11-13-15-17-19-21-23-25-24-22-20-18-16-14-12-10-8-6-4-2/h1,3,5,7,9,11,13,15,17,19-25H,4,6,8,10,12,14,16,18H2,2H3. The molecule has 0 spiro atoms. The molecule has 25 heavy (non-hydrogen) atoms. The Labute approximate surface area is 156 Å². The monoisotopic (exact) mass is 335 g/mol. The highest BCUT2D eigenvalue weighted by Gasteiger charge is 1.88. The predicted molar refractivity (Wildman–Crippen MR) is 115 cm³/mol. The lowest BCUT2D eigenvalue weighted by atomic mass is 10.1. The highest BCUT2D eigenvalue weighted by atomic mass is 13.9. The third kappa shape index (κ3) is 21.9. The summed E-state index contributed by atoms with van der Waals surface area (Å²) in [7, 11) is 0. The van der Waals surface area contributed by atoms with Gasteiger partial charge < -0.3 is 0 Å². The minimum absolute atomic E-state index is 1.19. The maximum atomic E-state index is 5.22. The molecule has 0 aliphatic heterocycles. The molecule has 1 radical (unpaired) electrons. The Morgan fingerprint density at radius 1 is 0.480 bits per heavy atom. The van der Waals surface area contributed by atoms with Crippen LogP contribution >= 0.6 is 0 Å². The van der Waals surface area contributed by atoms with Crippen molar-refractivity contribution in [2.24, 2.45) is 0 Å². The van der Waals surface area contributed by atoms with Gasteiger partial charge in [0.05, 0.1) is 0 Å². The Bertz CT molecular complexity index is 478. The molecule has 0 aromatic heterocycles. The van der Waals surface area contributed by atoms with Crippen LogP contribution in [0.1, 0.15) is 58.3 Å². The molecule has 0 aliphatic carbocycles. The van der Waals surface area contributed by atoms with Gasteiger partial charge >= 0.3 is 0 Å². The Balaban J connectivity index is 3.59. The molecule has 0 nitrogen and oxygen atoms in total. The molecule has 0 heterocycles. The van der Waals surface area contributed by atoms with E-state index in [-0.39, 0.29) is 0 Å². The van der Waals surface area contributed by atoms with Gasteiger partial charge in [-0.2, -0.15) is 0 Å². The Morgan fingerprint density at radius 3 is 1.36 bits per heavy atom. The highest BCUT2D eigenvalue weighted by molar-refractivity contribution is 5.20. The molecule has 0 bridgehead atoms. The number of hydrogen-bond donors (Lipinski definition) is 0. The van der Waals surface area contributed by atoms with Gasteiger partial charge in [-0.25, -0.2) is 0 Å². The molecule has 0 rings (SSSR count). The minimum atomic E-state index is 1.19. The van der Waals surface area contributed by atoms with Gasteiger partial charge in [0.2, 0.25) is 0 Å². The van der Waals surface area contributed by atoms with Gasteiger partial charge in [0.1, 0.15) is 0 Å². The Kier molecular flexibility index (Phi) is 20.1. The van der Waals surface area contributed by atoms with E-state index in [9.17, 15) is 0 Å². The Morgan fingerprint density at radius 2 is 0.880 bits per heavy atom. The lowest BCUT2D eigenvalue weighted by Crippen LogP contribution is -1.78. The van der Waals surface area contributed by atoms with E-state index in [1.165, 1.54) is 57.4 Å². The number of hydrogen-bond acceptors (Lipinski definition) is 0. The van der Waals surface area contributed by atoms with Crippen molar-refractivity contribution >= 4 is 0 Å². The van der Waals surface area contributed by atoms with E-state index in [2.05, 4.69) is 31.2 Å². The number of rotatable bonds is 15. The minimum Gasteiger partial charge on any atom is -0.0845 e. The van der Waals surface area contributed by atoms with Crippen LogP contribution in [-0.2, 0) is 0 Å². The fourth-order valence-corrected chi connectivity index (χ4v) is 2.16. The molecule has 135 valence electrons. The SMILES string of the molecule is [CH]=CC=CC=CC=CC=CC=CC=CC=CCCCCCCCCC. The molecule has 0 saturated carbocycles. The van der Waals surface area contributed by atoms with Crippen LogP contribution in [-0.4, -0.2) is 0 Å². The van der Waals surface area contributed by atoms with Crippen molar-refractivity contribution < 1.29 is 0 Å². The second-order valence-corrected chi connectivity index (χ2v) is 5.84. The van der Waals surface area contributed by atoms with Crippen molar-refractivity contribution in [1.82, 2.24) is 0 Å². The maximum absolute atomic E-state index is 5.22. The maximum Gasteiger partial charge on any atom is -0.0348 e. The van der Waals surface area contributed by atoms with Crippen molar-refractivity contribution in [2.75, 3.05) is 0 Å². The topological polar surface area (TPSA) is 0 Å². The van der Waals surface area contributed by atoms with Gasteiger partial charge in [-0.05, 0) is 12.8 Å². The average molecular weight is 336 g/mol. The summed E-state index contributed by atoms with van der Waals surface area (Å²) < 4.78 is 0. The summed E-state index contributed by atoms with van der Waals surface area (Å²) >= 11 is 0. The van der Waals surface area contributed by atoms with Crippen molar-refractivity contribution in [1.29, 1.82) is 0 Å². The second-order valence-electron chi connectivity index (χ2n) is 5.84. The zero-order valence-electron chi connectivity index (χ0n) is 15.9. The molecule has 0 aromatic rings. The van der Waals surface area contributed by atoms with Gasteiger partial charge in [-0.15, -0.1) is 0 Å². The summed E-state index contributed by atoms with van der Waals surface area (Å²) in [6, 6.07) is 0. The van der Waals surface area contributed by atoms with E-state index in [1.807, 2.05) is 54.7 Å². The summed E-state index contributed by atoms with van der Waals surface area (Å²) in [5.74, 6) is 0. The molecule has 0 atom stereocenters. The van der Waals surface area contributed by atoms with E-state index in [1.54, 1.807) is 6.08 Å². The van der Waals surface area contributed by atoms with Crippen LogP contribution in [0, 0.1) is 6.58 Å². The first-order chi connectivity index (χ1) is 12.4. The fraction of sp³-hybridized carbons (Fsp3) is 0.360. The van der Waals surface area contributed by atoms with E-state index >= 15 is 0 Å². The molecule has 0 heteroatoms. The molecule has 0 N–H and O–H groups in total. The van der Waals surface area contributed by atoms with Gasteiger partial charge in [0.25, 0.3) is 0 Å². The van der Waals surface area contributed by atoms with Crippen LogP contribution in [0.5, 0.6) is 0 Å². The molecular weight excluding hydrogens is 300 g/mol. The zero-order chi connectivity index (χ0) is 18.3. The van der Waals surface area contributed by atoms with E-state index in [4.69, 9.17) is 6.58 Å². The smallest absolute Gasteiger partial charge is 0.0348 e. The summed E-state index contributed by atoms with van der Waals surface area (Å²) in [5.41, 5.74) is 0. The lowest BCUT2D eigenvalue weighted by Gasteiger charge is -1.98. The average Bonchev–Trinajstić information content (AvgIpc) is 2.63. The van der Waals surface area contributed by atoms with Gasteiger partial charge in [0.15, 0.2) is 0 Å². The third-order valence-corrected chi connectivity index (χ3v) is 3.55. The van der Waals surface area contributed by atoms with Crippen molar-refractivity contribution in [3.05, 3.63) is 97.7 Å². The first-order valence-electron chi connectivity index (χ1n) is 9.62. The largest absolute Gasteiger partial charge is 0.0845 e. The quantitative estimate of drug-likeness (QED) is 0.210. The van der Waals surface area contributed by atoms with Crippen molar-refractivity contribution in [3.8, 4) is 0 Å². The van der Waals surface area contributed by atoms with Crippen LogP contribution in [0.4, 0.5) is 0 Å². The summed E-state index contributed by atoms with van der Waals surface area (Å²) in [6.45, 7) is 7.49. The molecule has 0 saturated heterocycles. The number of allylic oxidation sites excluding steroid dienone is 15. The van der Waals surface area contributed by atoms with E-state index in [0.717, 1.165) is 0 Å². The first kappa shape index (κ1) is 22.9. The molecule has 0 amide bonds. The van der Waals surface area contributed by atoms with Gasteiger partial charge in [-0.1, -0.05) is 143 Å². The zero-order valence-corrected chi connectivity index (χ0v) is 15.9. The molecule has 0 unspecified atom stereocenters. The van der Waals surface area contributed by atoms with Crippen LogP contribution in [0.15, 0.2) is 91.1 Å². The fourth-order valence-electron chi connectivity index (χ4n) is 2.16. The van der Waals surface area contributed by atoms with Crippen molar-refractivity contribution in [2.45, 2.75) is 58.3 Å². The van der Waals surface area contributed by atoms with E-state index in [0.29, 0.717) is 0 Å². The molecule has 0 aromatic carbocycles. The number of unbranched alkanes of at least 4 members (excludes halogenated alkanes) is 7. The van der Waals surface area contributed by atoms with E-state index < -0.39 is 0 Å². The van der Waals surface area contributed by atoms with Crippen LogP contribution in [0.3, 0.4) is 0 Å². The van der Waals surface area contributed by atoms with Crippen LogP contribution in [0.25, 0.3) is 0 Å². The lowest BCUT2D eigenvalue weighted by molar-refractivity contribution is 0.592. The second kappa shape index (κ2) is 21.9. The predicted octanol–water partition coefficient (Wildman–Crippen LogP) is 8.01. The molecular formula is C25H35. The molecule has 0 aliphatic rings. The van der Waals surface area contributed by atoms with Gasteiger partial charge in [-0.3, -0.25) is 0 Å². The summed E-state index contributed by atoms with van der Waals surface area (Å²) in [4.78, 5) is 0. The summed E-state index contributed by atoms with van der Waals surface area (Å²) in [5, 5.41) is 0. The Hall–Kier alpha value is -2.08. The van der Waals surface area contributed by atoms with Gasteiger partial charge in [0, 0.05) is 0 Å². The normalized spacial score (nSPS) is 13.3. The first-order valence-corrected chi connectivity index (χ1v) is 9.62. The van der Waals surface area contributed by atoms with Crippen LogP contribution < -0.4 is 0 Å². The summed E-state index contributed by atoms with van der Waals surface area (Å²) in [6.07, 6.45) is 40.5. The van der Waals surface area contributed by atoms with Crippen molar-refractivity contribution in [3.63, 3.8) is 0 Å². The van der Waals surface area contributed by atoms with Crippen LogP contribution in [0.2, 0.25) is 0 Å². The molecule has 0 fully saturated rings.